The molecule has 0 atom stereocenters. The minimum Gasteiger partial charge on any atom is -0.370 e. The van der Waals surface area contributed by atoms with E-state index in [1.807, 2.05) is 0 Å². The first-order valence-electron chi connectivity index (χ1n) is 6.02. The molecule has 1 amide bonds. The predicted molar refractivity (Wildman–Crippen MR) is 77.6 cm³/mol. The molecule has 0 fully saturated rings. The summed E-state index contributed by atoms with van der Waals surface area (Å²) in [6.07, 6.45) is 0. The van der Waals surface area contributed by atoms with Crippen LogP contribution >= 0.6 is 15.9 Å². The normalized spacial score (nSPS) is 11.9. The van der Waals surface area contributed by atoms with Crippen LogP contribution in [0.3, 0.4) is 0 Å². The third-order valence-corrected chi connectivity index (χ3v) is 3.60. The summed E-state index contributed by atoms with van der Waals surface area (Å²) in [6, 6.07) is 8.89. The van der Waals surface area contributed by atoms with Crippen LogP contribution in [0.25, 0.3) is 0 Å². The van der Waals surface area contributed by atoms with Gasteiger partial charge in [0, 0.05) is 22.2 Å². The van der Waals surface area contributed by atoms with Gasteiger partial charge in [-0.1, -0.05) is 6.07 Å². The summed E-state index contributed by atoms with van der Waals surface area (Å²) >= 11 is 3.24. The van der Waals surface area contributed by atoms with Gasteiger partial charge >= 0.3 is 0 Å². The molecule has 2 N–H and O–H groups in total. The van der Waals surface area contributed by atoms with Gasteiger partial charge in [0.2, 0.25) is 0 Å². The first-order valence-corrected chi connectivity index (χ1v) is 6.81. The van der Waals surface area contributed by atoms with Crippen LogP contribution in [0.5, 0.6) is 11.5 Å². The van der Waals surface area contributed by atoms with E-state index in [-0.39, 0.29) is 16.8 Å². The lowest BCUT2D eigenvalue weighted by Crippen LogP contribution is -2.14. The summed E-state index contributed by atoms with van der Waals surface area (Å²) in [7, 11) is 0. The maximum Gasteiger partial charge on any atom is 0.257 e. The fourth-order valence-corrected chi connectivity index (χ4v) is 2.39. The van der Waals surface area contributed by atoms with Crippen LogP contribution in [0.1, 0.15) is 15.9 Å². The van der Waals surface area contributed by atoms with E-state index >= 15 is 0 Å². The summed E-state index contributed by atoms with van der Waals surface area (Å²) in [5.41, 5.74) is 2.21. The quantitative estimate of drug-likeness (QED) is 0.856. The molecule has 1 heterocycles. The zero-order valence-electron chi connectivity index (χ0n) is 10.8. The van der Waals surface area contributed by atoms with Crippen LogP contribution in [-0.4, -0.2) is 5.91 Å². The van der Waals surface area contributed by atoms with Gasteiger partial charge in [0.15, 0.2) is 17.3 Å². The molecule has 6 nitrogen and oxygen atoms in total. The van der Waals surface area contributed by atoms with E-state index in [1.165, 1.54) is 24.3 Å². The summed E-state index contributed by atoms with van der Waals surface area (Å²) in [5.74, 6) is -0.586. The molecule has 22 heavy (non-hydrogen) atoms. The summed E-state index contributed by atoms with van der Waals surface area (Å²) in [6.45, 7) is 0. The van der Waals surface area contributed by atoms with E-state index in [0.29, 0.717) is 16.0 Å². The van der Waals surface area contributed by atoms with Crippen molar-refractivity contribution in [1.82, 2.24) is 5.64 Å². The molecule has 0 aromatic heterocycles. The predicted octanol–water partition coefficient (Wildman–Crippen LogP) is 2.90. The van der Waals surface area contributed by atoms with E-state index in [9.17, 15) is 9.18 Å². The zero-order chi connectivity index (χ0) is 15.7. The summed E-state index contributed by atoms with van der Waals surface area (Å²) in [4.78, 5) is 22.2. The molecule has 0 aliphatic carbocycles. The van der Waals surface area contributed by atoms with Gasteiger partial charge in [-0.25, -0.2) is 4.39 Å². The van der Waals surface area contributed by atoms with Crippen molar-refractivity contribution in [3.63, 3.8) is 0 Å². The Bertz CT molecular complexity index is 820. The Morgan fingerprint density at radius 3 is 2.77 bits per heavy atom. The lowest BCUT2D eigenvalue weighted by Gasteiger charge is -2.09. The number of nitrogens with one attached hydrogen (secondary N) is 2. The van der Waals surface area contributed by atoms with E-state index < -0.39 is 11.7 Å². The van der Waals surface area contributed by atoms with Gasteiger partial charge in [-0.05, 0) is 28.1 Å². The van der Waals surface area contributed by atoms with Crippen molar-refractivity contribution in [3.05, 3.63) is 51.7 Å². The molecule has 2 aromatic carbocycles. The topological polar surface area (TPSA) is 83.4 Å². The Morgan fingerprint density at radius 1 is 1.32 bits per heavy atom. The van der Waals surface area contributed by atoms with Crippen molar-refractivity contribution in [2.45, 2.75) is 0 Å². The van der Waals surface area contributed by atoms with Crippen molar-refractivity contribution in [3.8, 4) is 17.6 Å². The van der Waals surface area contributed by atoms with Gasteiger partial charge in [0.25, 0.3) is 5.91 Å². The van der Waals surface area contributed by atoms with E-state index in [0.717, 1.165) is 0 Å². The van der Waals surface area contributed by atoms with Gasteiger partial charge in [0.05, 0.1) is 16.8 Å². The maximum absolute atomic E-state index is 14.0. The molecule has 2 aromatic rings. The fraction of sp³-hybridized carbons (Fsp3) is 0. The molecule has 0 spiro atoms. The molecule has 0 saturated heterocycles. The lowest BCUT2D eigenvalue weighted by molar-refractivity contribution is 0.0259. The Balaban J connectivity index is 1.92. The number of hydrogen-bond donors (Lipinski definition) is 2. The smallest absolute Gasteiger partial charge is 0.257 e. The second-order valence-corrected chi connectivity index (χ2v) is 5.15. The standard InChI is InChI=1S/C14H7BrFN3O3/c15-9-5-12-11(21-19-22-12)4-8(9)14(20)18-10-3-1-2-7(6-17)13(10)16/h1-5,19H,(H,18,20). The molecule has 1 aliphatic heterocycles. The zero-order valence-corrected chi connectivity index (χ0v) is 12.4. The number of benzene rings is 2. The van der Waals surface area contributed by atoms with Crippen molar-refractivity contribution in [2.75, 3.05) is 5.32 Å². The van der Waals surface area contributed by atoms with E-state index in [2.05, 4.69) is 26.9 Å². The average molecular weight is 364 g/mol. The van der Waals surface area contributed by atoms with Gasteiger partial charge in [0.1, 0.15) is 6.07 Å². The number of rotatable bonds is 2. The van der Waals surface area contributed by atoms with E-state index in [4.69, 9.17) is 14.9 Å². The lowest BCUT2D eigenvalue weighted by atomic mass is 10.1. The van der Waals surface area contributed by atoms with Crippen LogP contribution in [0.2, 0.25) is 0 Å². The molecule has 0 bridgehead atoms. The first kappa shape index (κ1) is 14.3. The van der Waals surface area contributed by atoms with E-state index in [1.54, 1.807) is 12.1 Å². The number of nitriles is 1. The Morgan fingerprint density at radius 2 is 2.05 bits per heavy atom. The molecule has 110 valence electrons. The maximum atomic E-state index is 14.0. The first-order chi connectivity index (χ1) is 10.6. The number of hydrogen-bond acceptors (Lipinski definition) is 5. The van der Waals surface area contributed by atoms with Crippen LogP contribution in [0, 0.1) is 17.1 Å². The number of halogens is 2. The van der Waals surface area contributed by atoms with Crippen molar-refractivity contribution in [2.24, 2.45) is 0 Å². The Kier molecular flexibility index (Phi) is 3.66. The molecular formula is C14H7BrFN3O3. The number of amides is 1. The fourth-order valence-electron chi connectivity index (χ4n) is 1.88. The molecular weight excluding hydrogens is 357 g/mol. The number of anilines is 1. The Labute approximate surface area is 132 Å². The molecule has 8 heteroatoms. The van der Waals surface area contributed by atoms with Crippen molar-refractivity contribution < 1.29 is 18.9 Å². The van der Waals surface area contributed by atoms with Crippen molar-refractivity contribution >= 4 is 27.5 Å². The third kappa shape index (κ3) is 2.47. The highest BCUT2D eigenvalue weighted by atomic mass is 79.9. The van der Waals surface area contributed by atoms with Gasteiger partial charge in [-0.3, -0.25) is 4.79 Å². The summed E-state index contributed by atoms with van der Waals surface area (Å²) in [5, 5.41) is 11.2. The van der Waals surface area contributed by atoms with Crippen LogP contribution in [-0.2, 0) is 0 Å². The average Bonchev–Trinajstić information content (AvgIpc) is 2.95. The second-order valence-electron chi connectivity index (χ2n) is 4.30. The monoisotopic (exact) mass is 363 g/mol. The molecule has 0 radical (unpaired) electrons. The highest BCUT2D eigenvalue weighted by Crippen LogP contribution is 2.35. The highest BCUT2D eigenvalue weighted by Gasteiger charge is 2.21. The highest BCUT2D eigenvalue weighted by molar-refractivity contribution is 9.10. The summed E-state index contributed by atoms with van der Waals surface area (Å²) < 4.78 is 14.4. The van der Waals surface area contributed by atoms with Crippen LogP contribution in [0.15, 0.2) is 34.8 Å². The largest absolute Gasteiger partial charge is 0.370 e. The second kappa shape index (κ2) is 5.63. The Hall–Kier alpha value is -2.63. The third-order valence-electron chi connectivity index (χ3n) is 2.95. The molecule has 0 saturated carbocycles. The van der Waals surface area contributed by atoms with Crippen molar-refractivity contribution in [1.29, 1.82) is 5.26 Å². The molecule has 3 rings (SSSR count). The number of fused-ring (bicyclic) bond motifs is 1. The molecule has 1 aliphatic rings. The SMILES string of the molecule is N#Cc1cccc(NC(=O)c2cc3c(cc2Br)ONO3)c1F. The number of nitrogens with zero attached hydrogens (tertiary/aromatic N) is 1. The minimum absolute atomic E-state index is 0.0771. The van der Waals surface area contributed by atoms with Crippen LogP contribution in [0.4, 0.5) is 10.1 Å². The van der Waals surface area contributed by atoms with Crippen LogP contribution < -0.4 is 20.6 Å². The number of carbonyl (C=O) groups excluding carboxylic acids is 1. The number of carbonyl (C=O) groups is 1. The minimum atomic E-state index is -0.781. The van der Waals surface area contributed by atoms with Gasteiger partial charge in [-0.2, -0.15) is 5.26 Å². The van der Waals surface area contributed by atoms with Gasteiger partial charge < -0.3 is 15.0 Å². The molecule has 0 unspecified atom stereocenters. The van der Waals surface area contributed by atoms with Gasteiger partial charge in [-0.15, -0.1) is 0 Å².